The van der Waals surface area contributed by atoms with Gasteiger partial charge in [-0.1, -0.05) is 17.3 Å². The Balaban J connectivity index is 0.679. The molecule has 76 heavy (non-hydrogen) atoms. The number of benzene rings is 2. The second kappa shape index (κ2) is 34.5. The molecular formula is C48H65ClF3N8O14PS. The van der Waals surface area contributed by atoms with Crippen LogP contribution in [0.1, 0.15) is 42.0 Å². The fourth-order valence-electron chi connectivity index (χ4n) is 7.40. The van der Waals surface area contributed by atoms with Gasteiger partial charge in [0.05, 0.1) is 142 Å². The summed E-state index contributed by atoms with van der Waals surface area (Å²) in [4.78, 5) is 41.0. The Bertz CT molecular complexity index is 2320. The molecule has 420 valence electrons. The van der Waals surface area contributed by atoms with Crippen LogP contribution in [0.15, 0.2) is 42.6 Å². The van der Waals surface area contributed by atoms with Crippen LogP contribution in [0.25, 0.3) is 0 Å². The number of carbonyl (C=O) groups is 1. The van der Waals surface area contributed by atoms with Crippen molar-refractivity contribution in [2.75, 3.05) is 140 Å². The first-order valence-electron chi connectivity index (χ1n) is 24.6. The summed E-state index contributed by atoms with van der Waals surface area (Å²) in [6.45, 7) is 7.75. The highest BCUT2D eigenvalue weighted by atomic mass is 35.5. The molecule has 0 aliphatic carbocycles. The van der Waals surface area contributed by atoms with Gasteiger partial charge >= 0.3 is 5.97 Å². The minimum atomic E-state index is -1.93. The minimum Gasteiger partial charge on any atom is -0.491 e. The van der Waals surface area contributed by atoms with Crippen LogP contribution < -0.4 is 19.7 Å². The van der Waals surface area contributed by atoms with Crippen LogP contribution in [0.4, 0.5) is 24.8 Å². The van der Waals surface area contributed by atoms with Crippen molar-refractivity contribution in [1.82, 2.24) is 25.0 Å². The van der Waals surface area contributed by atoms with Crippen molar-refractivity contribution in [2.45, 2.75) is 50.7 Å². The number of ether oxygens (including phenoxy) is 11. The Hall–Kier alpha value is -4.38. The topological polar surface area (TPSA) is 255 Å². The van der Waals surface area contributed by atoms with Gasteiger partial charge in [-0.2, -0.15) is 9.97 Å². The average molecular weight is 1130 g/mol. The molecule has 22 nitrogen and oxygen atoms in total. The molecule has 4 aromatic rings. The van der Waals surface area contributed by atoms with Crippen LogP contribution in [0.5, 0.6) is 11.5 Å². The molecule has 2 aliphatic rings. The highest BCUT2D eigenvalue weighted by Crippen LogP contribution is 2.36. The van der Waals surface area contributed by atoms with Crippen LogP contribution in [0.3, 0.4) is 0 Å². The Morgan fingerprint density at radius 3 is 2.03 bits per heavy atom. The SMILES string of the molecule is N=Cc1c(NC2CCC(CSCP(O)O)O2)nc(Cl)nc1N1CC(c2ccc(OCCOCCOCCOCCOCc3cn(CCOCCOCCOCCOCCC(=O)Oc4c(F)cc(F)cc4F)nn3)cc2)C1. The van der Waals surface area contributed by atoms with Gasteiger partial charge in [-0.15, -0.1) is 16.9 Å². The zero-order valence-corrected chi connectivity index (χ0v) is 44.3. The van der Waals surface area contributed by atoms with E-state index < -0.39 is 37.5 Å². The van der Waals surface area contributed by atoms with Crippen LogP contribution in [0, 0.1) is 22.9 Å². The number of aromatic nitrogens is 5. The van der Waals surface area contributed by atoms with Gasteiger partial charge in [-0.05, 0) is 42.1 Å². The first-order chi connectivity index (χ1) is 37.0. The fourth-order valence-corrected chi connectivity index (χ4v) is 9.15. The molecule has 2 aromatic carbocycles. The van der Waals surface area contributed by atoms with Gasteiger partial charge in [0, 0.05) is 43.1 Å². The third-order valence-corrected chi connectivity index (χ3v) is 13.6. The zero-order valence-electron chi connectivity index (χ0n) is 41.9. The van der Waals surface area contributed by atoms with Gasteiger partial charge in [-0.25, -0.2) is 17.9 Å². The van der Waals surface area contributed by atoms with E-state index in [1.807, 2.05) is 12.1 Å². The molecule has 0 amide bonds. The molecule has 0 saturated carbocycles. The number of nitrogens with zero attached hydrogens (tertiary/aromatic N) is 6. The number of halogens is 4. The lowest BCUT2D eigenvalue weighted by molar-refractivity contribution is -0.136. The largest absolute Gasteiger partial charge is 0.491 e. The third-order valence-electron chi connectivity index (χ3n) is 11.1. The van der Waals surface area contributed by atoms with Gasteiger partial charge in [0.1, 0.15) is 41.7 Å². The number of rotatable bonds is 40. The molecule has 4 heterocycles. The molecule has 2 unspecified atom stereocenters. The van der Waals surface area contributed by atoms with Gasteiger partial charge in [0.25, 0.3) is 0 Å². The maximum Gasteiger partial charge on any atom is 0.313 e. The van der Waals surface area contributed by atoms with Crippen LogP contribution >= 0.6 is 31.7 Å². The summed E-state index contributed by atoms with van der Waals surface area (Å²) < 4.78 is 103. The summed E-state index contributed by atoms with van der Waals surface area (Å²) in [6, 6.07) is 8.86. The highest BCUT2D eigenvalue weighted by molar-refractivity contribution is 8.03. The molecule has 28 heteroatoms. The van der Waals surface area contributed by atoms with Gasteiger partial charge in [-0.3, -0.25) is 4.79 Å². The molecule has 0 radical (unpaired) electrons. The number of nitrogens with one attached hydrogen (secondary N) is 2. The van der Waals surface area contributed by atoms with Crippen molar-refractivity contribution < 1.29 is 79.9 Å². The van der Waals surface area contributed by atoms with Gasteiger partial charge in [0.15, 0.2) is 20.0 Å². The predicted molar refractivity (Wildman–Crippen MR) is 274 cm³/mol. The maximum absolute atomic E-state index is 13.6. The van der Waals surface area contributed by atoms with E-state index in [0.717, 1.165) is 18.6 Å². The minimum absolute atomic E-state index is 0.0135. The lowest BCUT2D eigenvalue weighted by atomic mass is 9.91. The summed E-state index contributed by atoms with van der Waals surface area (Å²) >= 11 is 7.80. The molecule has 2 aliphatic heterocycles. The van der Waals surface area contributed by atoms with Gasteiger partial charge < -0.3 is 77.5 Å². The van der Waals surface area contributed by atoms with Crippen LogP contribution in [-0.4, -0.2) is 189 Å². The van der Waals surface area contributed by atoms with Crippen molar-refractivity contribution >= 4 is 55.6 Å². The van der Waals surface area contributed by atoms with E-state index in [1.165, 1.54) is 23.5 Å². The summed E-state index contributed by atoms with van der Waals surface area (Å²) in [7, 11) is -1.93. The van der Waals surface area contributed by atoms with E-state index in [0.29, 0.717) is 158 Å². The van der Waals surface area contributed by atoms with Crippen molar-refractivity contribution in [3.8, 4) is 11.5 Å². The first-order valence-corrected chi connectivity index (χ1v) is 27.6. The number of thioether (sulfide) groups is 1. The third kappa shape index (κ3) is 22.2. The van der Waals surface area contributed by atoms with E-state index in [-0.39, 0.29) is 49.8 Å². The molecular weight excluding hydrogens is 1070 g/mol. The van der Waals surface area contributed by atoms with Gasteiger partial charge in [0.2, 0.25) is 11.0 Å². The normalized spacial score (nSPS) is 15.6. The van der Waals surface area contributed by atoms with E-state index in [1.54, 1.807) is 10.9 Å². The smallest absolute Gasteiger partial charge is 0.313 e. The Morgan fingerprint density at radius 2 is 1.41 bits per heavy atom. The lowest BCUT2D eigenvalue weighted by Crippen LogP contribution is -2.46. The van der Waals surface area contributed by atoms with E-state index in [4.69, 9.17) is 74.2 Å². The fraction of sp³-hybridized carbons (Fsp3) is 0.583. The molecule has 2 aromatic heterocycles. The number of carbonyl (C=O) groups excluding carboxylic acids is 1. The summed E-state index contributed by atoms with van der Waals surface area (Å²) in [5, 5.41) is 19.7. The number of esters is 1. The van der Waals surface area contributed by atoms with E-state index in [2.05, 4.69) is 47.4 Å². The predicted octanol–water partition coefficient (Wildman–Crippen LogP) is 5.35. The van der Waals surface area contributed by atoms with E-state index in [9.17, 15) is 18.0 Å². The van der Waals surface area contributed by atoms with Crippen molar-refractivity contribution in [3.63, 3.8) is 0 Å². The Kier molecular flexibility index (Phi) is 27.6. The molecule has 4 N–H and O–H groups in total. The Labute approximate surface area is 448 Å². The van der Waals surface area contributed by atoms with Crippen molar-refractivity contribution in [2.24, 2.45) is 0 Å². The maximum atomic E-state index is 13.6. The van der Waals surface area contributed by atoms with Crippen molar-refractivity contribution in [1.29, 1.82) is 5.41 Å². The summed E-state index contributed by atoms with van der Waals surface area (Å²) in [6.07, 6.45) is 4.03. The van der Waals surface area contributed by atoms with Crippen molar-refractivity contribution in [3.05, 3.63) is 82.2 Å². The van der Waals surface area contributed by atoms with E-state index >= 15 is 0 Å². The second-order valence-electron chi connectivity index (χ2n) is 16.8. The molecule has 0 spiro atoms. The first kappa shape index (κ1) is 60.8. The number of hydrogen-bond acceptors (Lipinski definition) is 22. The molecule has 2 atom stereocenters. The summed E-state index contributed by atoms with van der Waals surface area (Å²) in [5.74, 6) is -2.88. The second-order valence-corrected chi connectivity index (χ2v) is 19.7. The molecule has 2 saturated heterocycles. The monoisotopic (exact) mass is 1130 g/mol. The lowest BCUT2D eigenvalue weighted by Gasteiger charge is -2.41. The number of hydrogen-bond donors (Lipinski definition) is 4. The van der Waals surface area contributed by atoms with Crippen LogP contribution in [-0.2, 0) is 60.6 Å². The molecule has 2 fully saturated rings. The highest BCUT2D eigenvalue weighted by Gasteiger charge is 2.33. The zero-order chi connectivity index (χ0) is 53.7. The van der Waals surface area contributed by atoms with Crippen LogP contribution in [0.2, 0.25) is 5.28 Å². The quantitative estimate of drug-likeness (QED) is 0.0109. The average Bonchev–Trinajstić information content (AvgIpc) is 4.05. The Morgan fingerprint density at radius 1 is 0.816 bits per heavy atom. The summed E-state index contributed by atoms with van der Waals surface area (Å²) in [5.41, 5.74) is 2.69. The molecule has 6 rings (SSSR count). The molecule has 0 bridgehead atoms. The number of anilines is 2. The standard InChI is InChI=1S/C48H65ClF3N8O14PS/c49-48-55-46(54-43-6-5-39(73-43)32-76-33-75(62)63)40(27-53)47(56-48)59-28-35(29-59)34-1-3-38(4-2-34)72-24-23-70-20-19-68-17-18-69-21-22-71-31-37-30-60(58-57-37)8-10-65-12-14-67-16-15-66-13-11-64-9-7-44(61)74-45-41(51)25-36(50)26-42(45)52/h1-4,25-27,30,35,39,43,53,62-63H,5-24,28-29,31-33H2,(H,54,55,56).